The molecule has 0 amide bonds. The predicted octanol–water partition coefficient (Wildman–Crippen LogP) is 4.51. The first-order chi connectivity index (χ1) is 13.3. The van der Waals surface area contributed by atoms with Gasteiger partial charge in [0.2, 0.25) is 5.95 Å². The summed E-state index contributed by atoms with van der Waals surface area (Å²) in [6, 6.07) is 15.0. The lowest BCUT2D eigenvalue weighted by Crippen LogP contribution is -2.01. The van der Waals surface area contributed by atoms with Crippen molar-refractivity contribution in [2.75, 3.05) is 5.32 Å². The summed E-state index contributed by atoms with van der Waals surface area (Å²) in [5, 5.41) is 11.3. The van der Waals surface area contributed by atoms with Crippen molar-refractivity contribution in [1.29, 1.82) is 0 Å². The van der Waals surface area contributed by atoms with Crippen LogP contribution < -0.4 is 5.32 Å². The largest absolute Gasteiger partial charge is 0.307 e. The number of H-pyrrole nitrogens is 1. The van der Waals surface area contributed by atoms with E-state index in [1.165, 1.54) is 0 Å². The van der Waals surface area contributed by atoms with Crippen LogP contribution in [0.25, 0.3) is 22.3 Å². The molecule has 5 rings (SSSR count). The summed E-state index contributed by atoms with van der Waals surface area (Å²) in [6.45, 7) is -0.569. The standard InChI is InChI=1S/C20H17FN6/c21-11-13-5-1-2-6-14(13)18-22-16-8-4-3-7-15(16)19(23-18)25-20-24-17(26-27-20)12-9-10-12/h1-8,12H,9-11H2,(H2,22,23,24,25,26,27). The number of para-hydroxylation sites is 1. The number of nitrogens with zero attached hydrogens (tertiary/aromatic N) is 4. The summed E-state index contributed by atoms with van der Waals surface area (Å²) in [4.78, 5) is 13.8. The van der Waals surface area contributed by atoms with E-state index in [0.29, 0.717) is 34.6 Å². The Morgan fingerprint density at radius 1 is 1.00 bits per heavy atom. The topological polar surface area (TPSA) is 79.4 Å². The summed E-state index contributed by atoms with van der Waals surface area (Å²) < 4.78 is 13.4. The molecule has 0 saturated heterocycles. The zero-order valence-electron chi connectivity index (χ0n) is 14.5. The molecule has 0 aliphatic heterocycles. The second-order valence-electron chi connectivity index (χ2n) is 6.65. The van der Waals surface area contributed by atoms with Gasteiger partial charge in [-0.25, -0.2) is 14.4 Å². The maximum absolute atomic E-state index is 13.4. The van der Waals surface area contributed by atoms with Crippen molar-refractivity contribution in [3.8, 4) is 11.4 Å². The first kappa shape index (κ1) is 15.9. The molecule has 0 atom stereocenters. The lowest BCUT2D eigenvalue weighted by atomic mass is 10.1. The van der Waals surface area contributed by atoms with Crippen molar-refractivity contribution in [3.05, 3.63) is 59.9 Å². The zero-order chi connectivity index (χ0) is 18.2. The Bertz CT molecular complexity index is 1120. The molecule has 0 bridgehead atoms. The van der Waals surface area contributed by atoms with Gasteiger partial charge in [-0.3, -0.25) is 5.10 Å². The molecule has 1 saturated carbocycles. The van der Waals surface area contributed by atoms with Gasteiger partial charge in [0.25, 0.3) is 0 Å². The second kappa shape index (κ2) is 6.42. The second-order valence-corrected chi connectivity index (χ2v) is 6.65. The van der Waals surface area contributed by atoms with Gasteiger partial charge in [-0.15, -0.1) is 5.10 Å². The minimum absolute atomic E-state index is 0.474. The third-order valence-corrected chi connectivity index (χ3v) is 4.70. The molecular formula is C20H17FN6. The lowest BCUT2D eigenvalue weighted by molar-refractivity contribution is 0.486. The monoisotopic (exact) mass is 360 g/mol. The van der Waals surface area contributed by atoms with Gasteiger partial charge in [-0.2, -0.15) is 4.98 Å². The van der Waals surface area contributed by atoms with Crippen LogP contribution in [0.15, 0.2) is 48.5 Å². The number of alkyl halides is 1. The first-order valence-electron chi connectivity index (χ1n) is 8.92. The van der Waals surface area contributed by atoms with Crippen LogP contribution in [0, 0.1) is 0 Å². The molecule has 0 spiro atoms. The molecule has 2 heterocycles. The Kier molecular flexibility index (Phi) is 3.78. The van der Waals surface area contributed by atoms with Crippen LogP contribution in [-0.2, 0) is 6.67 Å². The van der Waals surface area contributed by atoms with Gasteiger partial charge in [0.15, 0.2) is 5.82 Å². The smallest absolute Gasteiger partial charge is 0.247 e. The van der Waals surface area contributed by atoms with Crippen molar-refractivity contribution in [3.63, 3.8) is 0 Å². The van der Waals surface area contributed by atoms with Crippen molar-refractivity contribution in [1.82, 2.24) is 25.1 Å². The van der Waals surface area contributed by atoms with Crippen LogP contribution in [-0.4, -0.2) is 25.1 Å². The van der Waals surface area contributed by atoms with E-state index in [1.807, 2.05) is 42.5 Å². The Labute approximate surface area is 154 Å². The average molecular weight is 360 g/mol. The molecule has 7 heteroatoms. The fourth-order valence-electron chi connectivity index (χ4n) is 3.12. The van der Waals surface area contributed by atoms with Crippen LogP contribution in [0.3, 0.4) is 0 Å². The number of aromatic amines is 1. The number of fused-ring (bicyclic) bond motifs is 1. The van der Waals surface area contributed by atoms with E-state index in [2.05, 4.69) is 30.5 Å². The molecule has 1 fully saturated rings. The molecule has 1 aliphatic carbocycles. The molecule has 27 heavy (non-hydrogen) atoms. The molecule has 134 valence electrons. The molecule has 2 N–H and O–H groups in total. The molecule has 6 nitrogen and oxygen atoms in total. The number of nitrogens with one attached hydrogen (secondary N) is 2. The number of rotatable bonds is 5. The summed E-state index contributed by atoms with van der Waals surface area (Å²) >= 11 is 0. The van der Waals surface area contributed by atoms with Crippen LogP contribution in [0.5, 0.6) is 0 Å². The van der Waals surface area contributed by atoms with Gasteiger partial charge in [0.1, 0.15) is 18.3 Å². The SMILES string of the molecule is FCc1ccccc1-c1nc(Nc2n[nH]c(C3CC3)n2)c2ccccc2n1. The minimum Gasteiger partial charge on any atom is -0.307 e. The summed E-state index contributed by atoms with van der Waals surface area (Å²) in [7, 11) is 0. The van der Waals surface area contributed by atoms with Crippen LogP contribution in [0.2, 0.25) is 0 Å². The Morgan fingerprint density at radius 2 is 1.81 bits per heavy atom. The molecular weight excluding hydrogens is 343 g/mol. The Morgan fingerprint density at radius 3 is 2.67 bits per heavy atom. The zero-order valence-corrected chi connectivity index (χ0v) is 14.5. The molecule has 4 aromatic rings. The van der Waals surface area contributed by atoms with Crippen molar-refractivity contribution in [2.45, 2.75) is 25.4 Å². The molecule has 0 radical (unpaired) electrons. The third-order valence-electron chi connectivity index (χ3n) is 4.70. The fraction of sp³-hybridized carbons (Fsp3) is 0.200. The normalized spacial score (nSPS) is 13.8. The van der Waals surface area contributed by atoms with Gasteiger partial charge in [0, 0.05) is 16.9 Å². The molecule has 2 aromatic carbocycles. The Balaban J connectivity index is 1.61. The summed E-state index contributed by atoms with van der Waals surface area (Å²) in [5.74, 6) is 2.94. The van der Waals surface area contributed by atoms with E-state index in [4.69, 9.17) is 0 Å². The lowest BCUT2D eigenvalue weighted by Gasteiger charge is -2.10. The molecule has 0 unspecified atom stereocenters. The van der Waals surface area contributed by atoms with E-state index in [1.54, 1.807) is 6.07 Å². The van der Waals surface area contributed by atoms with E-state index in [-0.39, 0.29) is 0 Å². The highest BCUT2D eigenvalue weighted by Gasteiger charge is 2.27. The minimum atomic E-state index is -0.569. The van der Waals surface area contributed by atoms with E-state index in [9.17, 15) is 4.39 Å². The number of benzene rings is 2. The highest BCUT2D eigenvalue weighted by atomic mass is 19.1. The maximum Gasteiger partial charge on any atom is 0.247 e. The number of hydrogen-bond acceptors (Lipinski definition) is 5. The van der Waals surface area contributed by atoms with Gasteiger partial charge in [-0.1, -0.05) is 36.4 Å². The van der Waals surface area contributed by atoms with E-state index < -0.39 is 6.67 Å². The number of halogens is 1. The van der Waals surface area contributed by atoms with Crippen molar-refractivity contribution >= 4 is 22.7 Å². The van der Waals surface area contributed by atoms with Crippen LogP contribution in [0.4, 0.5) is 16.2 Å². The predicted molar refractivity (Wildman–Crippen MR) is 101 cm³/mol. The highest BCUT2D eigenvalue weighted by Crippen LogP contribution is 2.38. The van der Waals surface area contributed by atoms with E-state index in [0.717, 1.165) is 29.6 Å². The summed E-state index contributed by atoms with van der Waals surface area (Å²) in [6.07, 6.45) is 2.30. The van der Waals surface area contributed by atoms with Gasteiger partial charge in [0.05, 0.1) is 5.52 Å². The Hall–Kier alpha value is -3.35. The van der Waals surface area contributed by atoms with Crippen molar-refractivity contribution < 1.29 is 4.39 Å². The number of aromatic nitrogens is 5. The summed E-state index contributed by atoms with van der Waals surface area (Å²) in [5.41, 5.74) is 2.02. The average Bonchev–Trinajstić information content (AvgIpc) is 3.47. The molecule has 1 aliphatic rings. The number of anilines is 2. The molecule has 2 aromatic heterocycles. The van der Waals surface area contributed by atoms with Gasteiger partial charge >= 0.3 is 0 Å². The highest BCUT2D eigenvalue weighted by molar-refractivity contribution is 5.91. The first-order valence-corrected chi connectivity index (χ1v) is 8.92. The van der Waals surface area contributed by atoms with Crippen LogP contribution >= 0.6 is 0 Å². The third kappa shape index (κ3) is 3.01. The van der Waals surface area contributed by atoms with Gasteiger partial charge in [-0.05, 0) is 30.5 Å². The fourth-order valence-corrected chi connectivity index (χ4v) is 3.12. The van der Waals surface area contributed by atoms with Gasteiger partial charge < -0.3 is 5.32 Å². The van der Waals surface area contributed by atoms with E-state index >= 15 is 0 Å². The number of hydrogen-bond donors (Lipinski definition) is 2. The van der Waals surface area contributed by atoms with Crippen molar-refractivity contribution in [2.24, 2.45) is 0 Å². The maximum atomic E-state index is 13.4. The quantitative estimate of drug-likeness (QED) is 0.547. The van der Waals surface area contributed by atoms with Crippen LogP contribution in [0.1, 0.15) is 30.1 Å².